The summed E-state index contributed by atoms with van der Waals surface area (Å²) in [5, 5.41) is 13.0. The molecule has 0 amide bonds. The summed E-state index contributed by atoms with van der Waals surface area (Å²) in [6, 6.07) is 16.8. The predicted octanol–water partition coefficient (Wildman–Crippen LogP) is 6.11. The Morgan fingerprint density at radius 2 is 1.75 bits per heavy atom. The Kier molecular flexibility index (Phi) is 6.13. The number of pyridine rings is 2. The van der Waals surface area contributed by atoms with Crippen LogP contribution in [0, 0.1) is 5.82 Å². The van der Waals surface area contributed by atoms with Crippen LogP contribution in [0.3, 0.4) is 0 Å². The number of nitrogens with one attached hydrogen (secondary N) is 3. The number of hydrogen-bond acceptors (Lipinski definition) is 6. The van der Waals surface area contributed by atoms with Gasteiger partial charge in [0.05, 0.1) is 24.5 Å². The number of aromatic nitrogens is 5. The first kappa shape index (κ1) is 24.3. The van der Waals surface area contributed by atoms with Gasteiger partial charge in [-0.25, -0.2) is 9.37 Å². The first-order valence-electron chi connectivity index (χ1n) is 13.3. The van der Waals surface area contributed by atoms with Crippen LogP contribution >= 0.6 is 0 Å². The van der Waals surface area contributed by atoms with E-state index in [1.54, 1.807) is 12.4 Å². The molecule has 8 nitrogen and oxygen atoms in total. The molecular weight excluding hydrogens is 507 g/mol. The van der Waals surface area contributed by atoms with Crippen LogP contribution in [0.25, 0.3) is 55.6 Å². The second-order valence-corrected chi connectivity index (χ2v) is 9.99. The van der Waals surface area contributed by atoms with Gasteiger partial charge in [0.1, 0.15) is 34.8 Å². The Balaban J connectivity index is 1.26. The number of ether oxygens (including phenoxy) is 2. The lowest BCUT2D eigenvalue weighted by molar-refractivity contribution is 0.162. The maximum Gasteiger partial charge on any atom is 0.138 e. The van der Waals surface area contributed by atoms with Crippen LogP contribution in [0.5, 0.6) is 11.5 Å². The highest BCUT2D eigenvalue weighted by Gasteiger charge is 2.17. The van der Waals surface area contributed by atoms with Gasteiger partial charge in [0.2, 0.25) is 0 Å². The second-order valence-electron chi connectivity index (χ2n) is 9.99. The van der Waals surface area contributed by atoms with Gasteiger partial charge in [-0.05, 0) is 85.1 Å². The quantitative estimate of drug-likeness (QED) is 0.238. The zero-order chi connectivity index (χ0) is 27.1. The topological polar surface area (TPSA) is 101 Å². The summed E-state index contributed by atoms with van der Waals surface area (Å²) in [7, 11) is 1.53. The van der Waals surface area contributed by atoms with Gasteiger partial charge in [0, 0.05) is 34.8 Å². The van der Waals surface area contributed by atoms with Gasteiger partial charge >= 0.3 is 0 Å². The molecular formula is C31H27FN6O2. The summed E-state index contributed by atoms with van der Waals surface area (Å²) in [6.45, 7) is 1.94. The third-order valence-electron chi connectivity index (χ3n) is 7.40. The van der Waals surface area contributed by atoms with E-state index in [9.17, 15) is 4.39 Å². The Labute approximate surface area is 229 Å². The lowest BCUT2D eigenvalue weighted by Crippen LogP contribution is -2.34. The molecule has 1 fully saturated rings. The summed E-state index contributed by atoms with van der Waals surface area (Å²) >= 11 is 0. The van der Waals surface area contributed by atoms with Crippen LogP contribution in [-0.2, 0) is 0 Å². The van der Waals surface area contributed by atoms with Crippen molar-refractivity contribution in [3.63, 3.8) is 0 Å². The third-order valence-corrected chi connectivity index (χ3v) is 7.40. The number of halogens is 1. The first-order chi connectivity index (χ1) is 19.6. The van der Waals surface area contributed by atoms with Crippen molar-refractivity contribution in [3.8, 4) is 45.1 Å². The van der Waals surface area contributed by atoms with Crippen LogP contribution in [0.1, 0.15) is 12.8 Å². The number of methoxy groups -OCH3 is 1. The average molecular weight is 535 g/mol. The summed E-state index contributed by atoms with van der Waals surface area (Å²) < 4.78 is 25.8. The van der Waals surface area contributed by atoms with Gasteiger partial charge in [-0.15, -0.1) is 0 Å². The molecule has 6 aromatic rings. The van der Waals surface area contributed by atoms with Gasteiger partial charge < -0.3 is 19.8 Å². The standard InChI is InChI=1S/C31H27FN6O2/c1-39-23-11-19(10-21(32)14-23)25-6-9-35-31-26(25)15-29(36-31)30-27-13-18(2-3-28(27)37-38-30)20-12-24(17-34-16-20)40-22-4-7-33-8-5-22/h2-3,6,9-17,22,33H,4-5,7-8H2,1H3,(H,35,36)(H,37,38). The van der Waals surface area contributed by atoms with Gasteiger partial charge in [-0.1, -0.05) is 6.07 Å². The molecule has 40 heavy (non-hydrogen) atoms. The number of piperidine rings is 1. The van der Waals surface area contributed by atoms with Crippen LogP contribution < -0.4 is 14.8 Å². The lowest BCUT2D eigenvalue weighted by Gasteiger charge is -2.23. The maximum atomic E-state index is 14.3. The highest BCUT2D eigenvalue weighted by atomic mass is 19.1. The number of rotatable bonds is 6. The molecule has 2 aromatic carbocycles. The van der Waals surface area contributed by atoms with E-state index >= 15 is 0 Å². The number of H-pyrrole nitrogens is 2. The number of benzene rings is 2. The largest absolute Gasteiger partial charge is 0.497 e. The summed E-state index contributed by atoms with van der Waals surface area (Å²) in [5.41, 5.74) is 6.73. The molecule has 0 spiro atoms. The van der Waals surface area contributed by atoms with Gasteiger partial charge in [0.25, 0.3) is 0 Å². The van der Waals surface area contributed by atoms with Crippen molar-refractivity contribution >= 4 is 21.9 Å². The van der Waals surface area contributed by atoms with Crippen molar-refractivity contribution < 1.29 is 13.9 Å². The molecule has 200 valence electrons. The average Bonchev–Trinajstić information content (AvgIpc) is 3.61. The molecule has 3 N–H and O–H groups in total. The van der Waals surface area contributed by atoms with E-state index in [0.29, 0.717) is 17.0 Å². The smallest absolute Gasteiger partial charge is 0.138 e. The number of nitrogens with zero attached hydrogens (tertiary/aromatic N) is 3. The molecule has 4 aromatic heterocycles. The van der Waals surface area contributed by atoms with Crippen molar-refractivity contribution in [1.29, 1.82) is 0 Å². The van der Waals surface area contributed by atoms with E-state index in [1.807, 2.05) is 36.5 Å². The van der Waals surface area contributed by atoms with Gasteiger partial charge in [-0.3, -0.25) is 10.1 Å². The fourth-order valence-electron chi connectivity index (χ4n) is 5.39. The highest BCUT2D eigenvalue weighted by molar-refractivity contribution is 6.00. The molecule has 1 saturated heterocycles. The fraction of sp³-hybridized carbons (Fsp3) is 0.194. The molecule has 0 bridgehead atoms. The minimum absolute atomic E-state index is 0.204. The zero-order valence-electron chi connectivity index (χ0n) is 21.9. The monoisotopic (exact) mass is 534 g/mol. The van der Waals surface area contributed by atoms with E-state index in [2.05, 4.69) is 42.6 Å². The van der Waals surface area contributed by atoms with Gasteiger partial charge in [0.15, 0.2) is 0 Å². The normalized spacial score (nSPS) is 14.2. The number of aromatic amines is 2. The predicted molar refractivity (Wildman–Crippen MR) is 153 cm³/mol. The Morgan fingerprint density at radius 3 is 2.62 bits per heavy atom. The van der Waals surface area contributed by atoms with Crippen LogP contribution in [-0.4, -0.2) is 51.5 Å². The minimum Gasteiger partial charge on any atom is -0.497 e. The van der Waals surface area contributed by atoms with Crippen molar-refractivity contribution in [1.82, 2.24) is 30.5 Å². The Morgan fingerprint density at radius 1 is 0.875 bits per heavy atom. The van der Waals surface area contributed by atoms with Crippen LogP contribution in [0.2, 0.25) is 0 Å². The second kappa shape index (κ2) is 10.1. The van der Waals surface area contributed by atoms with Crippen molar-refractivity contribution in [2.24, 2.45) is 0 Å². The lowest BCUT2D eigenvalue weighted by atomic mass is 10.0. The Hall–Kier alpha value is -4.76. The molecule has 5 heterocycles. The summed E-state index contributed by atoms with van der Waals surface area (Å²) in [4.78, 5) is 12.4. The molecule has 0 radical (unpaired) electrons. The van der Waals surface area contributed by atoms with Crippen molar-refractivity contribution in [3.05, 3.63) is 79.0 Å². The van der Waals surface area contributed by atoms with E-state index < -0.39 is 0 Å². The molecule has 1 aliphatic rings. The first-order valence-corrected chi connectivity index (χ1v) is 13.3. The molecule has 0 saturated carbocycles. The SMILES string of the molecule is COc1cc(F)cc(-c2ccnc3[nH]c(-c4n[nH]c5ccc(-c6cncc(OC7CCNCC7)c6)cc45)cc23)c1. The van der Waals surface area contributed by atoms with Crippen LogP contribution in [0.4, 0.5) is 4.39 Å². The molecule has 0 unspecified atom stereocenters. The number of hydrogen-bond donors (Lipinski definition) is 3. The minimum atomic E-state index is -0.361. The molecule has 7 rings (SSSR count). The van der Waals surface area contributed by atoms with E-state index in [0.717, 1.165) is 76.0 Å². The van der Waals surface area contributed by atoms with Crippen molar-refractivity contribution in [2.75, 3.05) is 20.2 Å². The van der Waals surface area contributed by atoms with Crippen LogP contribution in [0.15, 0.2) is 73.2 Å². The molecule has 1 aliphatic heterocycles. The maximum absolute atomic E-state index is 14.3. The zero-order valence-corrected chi connectivity index (χ0v) is 21.9. The van der Waals surface area contributed by atoms with E-state index in [1.165, 1.54) is 19.2 Å². The summed E-state index contributed by atoms with van der Waals surface area (Å²) in [5.74, 6) is 0.877. The fourth-order valence-corrected chi connectivity index (χ4v) is 5.39. The molecule has 0 aliphatic carbocycles. The third kappa shape index (κ3) is 4.54. The number of fused-ring (bicyclic) bond motifs is 2. The van der Waals surface area contributed by atoms with Gasteiger partial charge in [-0.2, -0.15) is 5.10 Å². The van der Waals surface area contributed by atoms with E-state index in [-0.39, 0.29) is 11.9 Å². The van der Waals surface area contributed by atoms with E-state index in [4.69, 9.17) is 9.47 Å². The van der Waals surface area contributed by atoms with Crippen molar-refractivity contribution in [2.45, 2.75) is 18.9 Å². The molecule has 9 heteroatoms. The molecule has 0 atom stereocenters. The highest BCUT2D eigenvalue weighted by Crippen LogP contribution is 2.36. The summed E-state index contributed by atoms with van der Waals surface area (Å²) in [6.07, 6.45) is 7.52. The Bertz CT molecular complexity index is 1840.